The first-order valence-electron chi connectivity index (χ1n) is 10.9. The highest BCUT2D eigenvalue weighted by atomic mass is 35.5. The van der Waals surface area contributed by atoms with Crippen LogP contribution in [0.1, 0.15) is 68.6 Å². The van der Waals surface area contributed by atoms with Gasteiger partial charge in [0.1, 0.15) is 5.82 Å². The van der Waals surface area contributed by atoms with E-state index in [4.69, 9.17) is 11.6 Å². The number of hydrogen-bond acceptors (Lipinski definition) is 0. The third-order valence-corrected chi connectivity index (χ3v) is 6.06. The molecule has 1 saturated carbocycles. The van der Waals surface area contributed by atoms with Crippen LogP contribution in [0.2, 0.25) is 5.02 Å². The van der Waals surface area contributed by atoms with Crippen LogP contribution < -0.4 is 0 Å². The second-order valence-corrected chi connectivity index (χ2v) is 8.54. The molecule has 2 heteroatoms. The Morgan fingerprint density at radius 1 is 1.03 bits per heavy atom. The van der Waals surface area contributed by atoms with Crippen molar-refractivity contribution >= 4 is 11.6 Å². The molecule has 2 aromatic rings. The molecule has 1 fully saturated rings. The smallest absolute Gasteiger partial charge is 0.140 e. The van der Waals surface area contributed by atoms with Gasteiger partial charge in [0, 0.05) is 10.6 Å². The predicted molar refractivity (Wildman–Crippen MR) is 122 cm³/mol. The zero-order chi connectivity index (χ0) is 20.5. The highest BCUT2D eigenvalue weighted by Gasteiger charge is 2.19. The Morgan fingerprint density at radius 3 is 2.48 bits per heavy atom. The SMILES string of the molecule is CCC/C=C/C1CCC(CCc2ccc(C#Cc3ccc(Cl)cc3F)cc2)CC1. The summed E-state index contributed by atoms with van der Waals surface area (Å²) < 4.78 is 13.8. The molecule has 0 aromatic heterocycles. The molecule has 0 saturated heterocycles. The topological polar surface area (TPSA) is 0 Å². The van der Waals surface area contributed by atoms with Gasteiger partial charge in [-0.1, -0.05) is 61.1 Å². The lowest BCUT2D eigenvalue weighted by molar-refractivity contribution is 0.296. The van der Waals surface area contributed by atoms with E-state index in [1.165, 1.54) is 56.6 Å². The number of aryl methyl sites for hydroxylation is 1. The first kappa shape index (κ1) is 21.7. The van der Waals surface area contributed by atoms with Gasteiger partial charge in [-0.05, 0) is 92.7 Å². The van der Waals surface area contributed by atoms with Crippen molar-refractivity contribution < 1.29 is 4.39 Å². The standard InChI is InChI=1S/C27H30ClF/c1-2-3-4-5-21-6-8-22(9-7-21)10-11-23-12-14-24(15-13-23)16-17-25-18-19-26(28)20-27(25)29/h4-5,12-15,18-22H,2-3,6-11H2,1H3/b5-4+. The third kappa shape index (κ3) is 7.06. The molecule has 0 atom stereocenters. The van der Waals surface area contributed by atoms with E-state index in [9.17, 15) is 4.39 Å². The molecule has 3 rings (SSSR count). The van der Waals surface area contributed by atoms with Crippen molar-refractivity contribution in [2.24, 2.45) is 11.8 Å². The highest BCUT2D eigenvalue weighted by molar-refractivity contribution is 6.30. The van der Waals surface area contributed by atoms with E-state index in [2.05, 4.69) is 43.0 Å². The molecule has 1 aliphatic rings. The summed E-state index contributed by atoms with van der Waals surface area (Å²) in [6.07, 6.45) is 15.1. The van der Waals surface area contributed by atoms with Crippen LogP contribution in [0.5, 0.6) is 0 Å². The molecule has 1 aliphatic carbocycles. The molecule has 0 radical (unpaired) electrons. The van der Waals surface area contributed by atoms with Gasteiger partial charge in [-0.15, -0.1) is 0 Å². The largest absolute Gasteiger partial charge is 0.206 e. The molecule has 152 valence electrons. The predicted octanol–water partition coefficient (Wildman–Crippen LogP) is 7.97. The first-order valence-corrected chi connectivity index (χ1v) is 11.2. The van der Waals surface area contributed by atoms with Gasteiger partial charge in [0.25, 0.3) is 0 Å². The lowest BCUT2D eigenvalue weighted by Gasteiger charge is -2.26. The summed E-state index contributed by atoms with van der Waals surface area (Å²) >= 11 is 5.78. The summed E-state index contributed by atoms with van der Waals surface area (Å²) in [5.74, 6) is 7.22. The van der Waals surface area contributed by atoms with Gasteiger partial charge in [0.15, 0.2) is 0 Å². The average Bonchev–Trinajstić information content (AvgIpc) is 2.73. The van der Waals surface area contributed by atoms with Crippen LogP contribution in [-0.2, 0) is 6.42 Å². The number of halogens is 2. The lowest BCUT2D eigenvalue weighted by Crippen LogP contribution is -2.13. The Morgan fingerprint density at radius 2 is 1.79 bits per heavy atom. The van der Waals surface area contributed by atoms with E-state index in [-0.39, 0.29) is 5.82 Å². The minimum Gasteiger partial charge on any atom is -0.206 e. The Labute approximate surface area is 180 Å². The number of allylic oxidation sites excluding steroid dienone is 2. The molecule has 0 heterocycles. The fourth-order valence-corrected chi connectivity index (χ4v) is 4.14. The number of unbranched alkanes of at least 4 members (excludes halogenated alkanes) is 1. The fraction of sp³-hybridized carbons (Fsp3) is 0.407. The van der Waals surface area contributed by atoms with Gasteiger partial charge in [-0.2, -0.15) is 0 Å². The molecule has 2 aromatic carbocycles. The fourth-order valence-electron chi connectivity index (χ4n) is 3.98. The van der Waals surface area contributed by atoms with Gasteiger partial charge < -0.3 is 0 Å². The van der Waals surface area contributed by atoms with Crippen LogP contribution in [0.4, 0.5) is 4.39 Å². The zero-order valence-corrected chi connectivity index (χ0v) is 18.0. The Bertz CT molecular complexity index is 862. The van der Waals surface area contributed by atoms with Crippen molar-refractivity contribution in [2.45, 2.75) is 58.3 Å². The van der Waals surface area contributed by atoms with Gasteiger partial charge >= 0.3 is 0 Å². The van der Waals surface area contributed by atoms with E-state index in [1.807, 2.05) is 12.1 Å². The van der Waals surface area contributed by atoms with E-state index < -0.39 is 0 Å². The second-order valence-electron chi connectivity index (χ2n) is 8.11. The molecule has 0 spiro atoms. The summed E-state index contributed by atoms with van der Waals surface area (Å²) in [5.41, 5.74) is 2.64. The van der Waals surface area contributed by atoms with Crippen LogP contribution in [0.15, 0.2) is 54.6 Å². The summed E-state index contributed by atoms with van der Waals surface area (Å²) in [4.78, 5) is 0. The van der Waals surface area contributed by atoms with Crippen molar-refractivity contribution in [3.05, 3.63) is 82.1 Å². The van der Waals surface area contributed by atoms with E-state index in [1.54, 1.807) is 12.1 Å². The van der Waals surface area contributed by atoms with Gasteiger partial charge in [0.05, 0.1) is 5.56 Å². The first-order chi connectivity index (χ1) is 14.1. The molecule has 0 aliphatic heterocycles. The highest BCUT2D eigenvalue weighted by Crippen LogP contribution is 2.32. The quantitative estimate of drug-likeness (QED) is 0.335. The van der Waals surface area contributed by atoms with E-state index >= 15 is 0 Å². The summed E-state index contributed by atoms with van der Waals surface area (Å²) in [7, 11) is 0. The van der Waals surface area contributed by atoms with Crippen LogP contribution in [0.25, 0.3) is 0 Å². The van der Waals surface area contributed by atoms with E-state index in [0.29, 0.717) is 10.6 Å². The van der Waals surface area contributed by atoms with Crippen molar-refractivity contribution in [3.63, 3.8) is 0 Å². The van der Waals surface area contributed by atoms with Crippen LogP contribution in [0, 0.1) is 29.5 Å². The number of rotatable bonds is 6. The minimum atomic E-state index is -0.378. The third-order valence-electron chi connectivity index (χ3n) is 5.82. The molecule has 0 bridgehead atoms. The molecule has 0 N–H and O–H groups in total. The molecular formula is C27H30ClF. The van der Waals surface area contributed by atoms with Crippen molar-refractivity contribution in [3.8, 4) is 11.8 Å². The van der Waals surface area contributed by atoms with E-state index in [0.717, 1.165) is 23.8 Å². The number of benzene rings is 2. The Hall–Kier alpha value is -2.04. The molecular weight excluding hydrogens is 379 g/mol. The Kier molecular flexibility index (Phi) is 8.38. The summed E-state index contributed by atoms with van der Waals surface area (Å²) in [5, 5.41) is 0.388. The maximum atomic E-state index is 13.8. The molecule has 29 heavy (non-hydrogen) atoms. The normalized spacial score (nSPS) is 19.1. The molecule has 0 nitrogen and oxygen atoms in total. The molecule has 0 amide bonds. The lowest BCUT2D eigenvalue weighted by atomic mass is 9.79. The average molecular weight is 409 g/mol. The summed E-state index contributed by atoms with van der Waals surface area (Å²) in [6.45, 7) is 2.24. The van der Waals surface area contributed by atoms with Gasteiger partial charge in [-0.25, -0.2) is 4.39 Å². The maximum absolute atomic E-state index is 13.8. The van der Waals surface area contributed by atoms with Crippen molar-refractivity contribution in [1.29, 1.82) is 0 Å². The summed E-state index contributed by atoms with van der Waals surface area (Å²) in [6, 6.07) is 12.9. The molecule has 0 unspecified atom stereocenters. The number of hydrogen-bond donors (Lipinski definition) is 0. The van der Waals surface area contributed by atoms with Gasteiger partial charge in [0.2, 0.25) is 0 Å². The van der Waals surface area contributed by atoms with Crippen LogP contribution in [-0.4, -0.2) is 0 Å². The van der Waals surface area contributed by atoms with Crippen LogP contribution in [0.3, 0.4) is 0 Å². The maximum Gasteiger partial charge on any atom is 0.140 e. The van der Waals surface area contributed by atoms with Crippen molar-refractivity contribution in [2.75, 3.05) is 0 Å². The van der Waals surface area contributed by atoms with Gasteiger partial charge in [-0.3, -0.25) is 0 Å². The van der Waals surface area contributed by atoms with Crippen LogP contribution >= 0.6 is 11.6 Å². The second kappa shape index (κ2) is 11.2. The van der Waals surface area contributed by atoms with Crippen molar-refractivity contribution in [1.82, 2.24) is 0 Å². The minimum absolute atomic E-state index is 0.374. The monoisotopic (exact) mass is 408 g/mol. The Balaban J connectivity index is 1.46. The zero-order valence-electron chi connectivity index (χ0n) is 17.3.